The van der Waals surface area contributed by atoms with E-state index in [1.165, 1.54) is 0 Å². The Labute approximate surface area is 91.1 Å². The third kappa shape index (κ3) is 3.26. The average molecular weight is 288 g/mol. The summed E-state index contributed by atoms with van der Waals surface area (Å²) in [7, 11) is 0. The van der Waals surface area contributed by atoms with Gasteiger partial charge in [-0.2, -0.15) is 0 Å². The van der Waals surface area contributed by atoms with Gasteiger partial charge in [0.2, 0.25) is 0 Å². The summed E-state index contributed by atoms with van der Waals surface area (Å²) in [6.45, 7) is 0. The quantitative estimate of drug-likeness (QED) is 0.515. The molecule has 0 aliphatic carbocycles. The third-order valence-electron chi connectivity index (χ3n) is 1.55. The van der Waals surface area contributed by atoms with Crippen molar-refractivity contribution in [1.82, 2.24) is 0 Å². The second kappa shape index (κ2) is 4.26. The van der Waals surface area contributed by atoms with Gasteiger partial charge in [0.1, 0.15) is 5.82 Å². The normalized spacial score (nSPS) is 11.5. The molecule has 84 valence electrons. The molecule has 0 atom stereocenters. The number of alkyl halides is 4. The van der Waals surface area contributed by atoms with Crippen molar-refractivity contribution in [3.05, 3.63) is 23.5 Å². The Hall–Kier alpha value is -0.980. The smallest absolute Gasteiger partial charge is 0.403 e. The second-order valence-electron chi connectivity index (χ2n) is 2.66. The monoisotopic (exact) mass is 287 g/mol. The minimum Gasteiger partial charge on any atom is -0.403 e. The van der Waals surface area contributed by atoms with Crippen LogP contribution in [0.25, 0.3) is 0 Å². The number of hydrogen-bond donors (Lipinski definition) is 1. The fourth-order valence-electron chi connectivity index (χ4n) is 0.934. The van der Waals surface area contributed by atoms with E-state index in [-0.39, 0.29) is 16.6 Å². The van der Waals surface area contributed by atoms with Crippen LogP contribution in [0.5, 0.6) is 5.75 Å². The van der Waals surface area contributed by atoms with Crippen LogP contribution in [0.3, 0.4) is 0 Å². The van der Waals surface area contributed by atoms with Gasteiger partial charge in [0.05, 0.1) is 5.69 Å². The Morgan fingerprint density at radius 1 is 1.33 bits per heavy atom. The van der Waals surface area contributed by atoms with E-state index in [4.69, 9.17) is 5.73 Å². The maximum atomic E-state index is 13.1. The van der Waals surface area contributed by atoms with Crippen molar-refractivity contribution in [2.45, 2.75) is 11.7 Å². The van der Waals surface area contributed by atoms with Crippen LogP contribution in [-0.4, -0.2) is 6.36 Å². The second-order valence-corrected chi connectivity index (χ2v) is 3.22. The summed E-state index contributed by atoms with van der Waals surface area (Å²) < 4.78 is 52.1. The topological polar surface area (TPSA) is 35.2 Å². The van der Waals surface area contributed by atoms with Crippen molar-refractivity contribution in [1.29, 1.82) is 0 Å². The molecule has 2 N–H and O–H groups in total. The highest BCUT2D eigenvalue weighted by molar-refractivity contribution is 9.08. The Bertz CT molecular complexity index is 366. The van der Waals surface area contributed by atoms with E-state index in [0.29, 0.717) is 6.07 Å². The molecule has 0 aliphatic rings. The van der Waals surface area contributed by atoms with Crippen molar-refractivity contribution in [2.75, 3.05) is 5.73 Å². The molecular weight excluding hydrogens is 282 g/mol. The van der Waals surface area contributed by atoms with E-state index in [0.717, 1.165) is 6.07 Å². The number of benzene rings is 1. The molecule has 0 saturated heterocycles. The van der Waals surface area contributed by atoms with Crippen LogP contribution < -0.4 is 10.5 Å². The van der Waals surface area contributed by atoms with Crippen molar-refractivity contribution in [3.63, 3.8) is 0 Å². The maximum absolute atomic E-state index is 13.1. The summed E-state index contributed by atoms with van der Waals surface area (Å²) in [5, 5.41) is 0.162. The Morgan fingerprint density at radius 2 is 1.93 bits per heavy atom. The van der Waals surface area contributed by atoms with Gasteiger partial charge < -0.3 is 10.5 Å². The first-order chi connectivity index (χ1) is 6.83. The van der Waals surface area contributed by atoms with E-state index >= 15 is 0 Å². The van der Waals surface area contributed by atoms with Gasteiger partial charge in [-0.1, -0.05) is 15.9 Å². The SMILES string of the molecule is Nc1cc(CBr)c(F)cc1OC(F)(F)F. The molecule has 0 radical (unpaired) electrons. The molecule has 1 aromatic rings. The van der Waals surface area contributed by atoms with Gasteiger partial charge in [0, 0.05) is 17.0 Å². The van der Waals surface area contributed by atoms with E-state index in [2.05, 4.69) is 20.7 Å². The van der Waals surface area contributed by atoms with Gasteiger partial charge in [0.25, 0.3) is 0 Å². The minimum absolute atomic E-state index is 0.162. The molecule has 0 aliphatic heterocycles. The number of ether oxygens (including phenoxy) is 1. The fourth-order valence-corrected chi connectivity index (χ4v) is 1.36. The average Bonchev–Trinajstić information content (AvgIpc) is 2.08. The highest BCUT2D eigenvalue weighted by Crippen LogP contribution is 2.31. The van der Waals surface area contributed by atoms with Crippen LogP contribution in [-0.2, 0) is 5.33 Å². The molecule has 0 bridgehead atoms. The van der Waals surface area contributed by atoms with Gasteiger partial charge in [0.15, 0.2) is 5.75 Å². The van der Waals surface area contributed by atoms with Crippen LogP contribution in [0, 0.1) is 5.82 Å². The highest BCUT2D eigenvalue weighted by Gasteiger charge is 2.32. The molecule has 0 fully saturated rings. The van der Waals surface area contributed by atoms with Gasteiger partial charge in [-0.15, -0.1) is 13.2 Å². The summed E-state index contributed by atoms with van der Waals surface area (Å²) in [6.07, 6.45) is -4.88. The van der Waals surface area contributed by atoms with Crippen LogP contribution in [0.1, 0.15) is 5.56 Å². The molecule has 2 nitrogen and oxygen atoms in total. The summed E-state index contributed by atoms with van der Waals surface area (Å²) in [5.74, 6) is -1.54. The summed E-state index contributed by atoms with van der Waals surface area (Å²) in [4.78, 5) is 0. The zero-order valence-electron chi connectivity index (χ0n) is 7.24. The molecule has 0 saturated carbocycles. The molecule has 0 spiro atoms. The first-order valence-electron chi connectivity index (χ1n) is 3.73. The number of halogens is 5. The molecule has 0 aromatic heterocycles. The lowest BCUT2D eigenvalue weighted by Crippen LogP contribution is -2.18. The largest absolute Gasteiger partial charge is 0.573 e. The molecule has 0 amide bonds. The predicted octanol–water partition coefficient (Wildman–Crippen LogP) is 3.20. The first kappa shape index (κ1) is 12.1. The van der Waals surface area contributed by atoms with Gasteiger partial charge in [-0.3, -0.25) is 0 Å². The predicted molar refractivity (Wildman–Crippen MR) is 50.1 cm³/mol. The van der Waals surface area contributed by atoms with Gasteiger partial charge >= 0.3 is 6.36 Å². The van der Waals surface area contributed by atoms with E-state index < -0.39 is 17.9 Å². The highest BCUT2D eigenvalue weighted by atomic mass is 79.9. The molecule has 1 rings (SSSR count). The number of nitrogen functional groups attached to an aromatic ring is 1. The van der Waals surface area contributed by atoms with Crippen LogP contribution in [0.4, 0.5) is 23.2 Å². The third-order valence-corrected chi connectivity index (χ3v) is 2.15. The van der Waals surface area contributed by atoms with E-state index in [9.17, 15) is 17.6 Å². The molecule has 0 heterocycles. The van der Waals surface area contributed by atoms with Crippen LogP contribution >= 0.6 is 15.9 Å². The lowest BCUT2D eigenvalue weighted by Gasteiger charge is -2.12. The fraction of sp³-hybridized carbons (Fsp3) is 0.250. The van der Waals surface area contributed by atoms with E-state index in [1.54, 1.807) is 0 Å². The van der Waals surface area contributed by atoms with Crippen molar-refractivity contribution >= 4 is 21.6 Å². The molecule has 7 heteroatoms. The molecule has 1 aromatic carbocycles. The standard InChI is InChI=1S/C8H6BrF4NO/c9-3-4-1-6(14)7(2-5(4)10)15-8(11,12)13/h1-2H,3,14H2. The number of hydrogen-bond acceptors (Lipinski definition) is 2. The van der Waals surface area contributed by atoms with Crippen LogP contribution in [0.2, 0.25) is 0 Å². The maximum Gasteiger partial charge on any atom is 0.573 e. The number of anilines is 1. The van der Waals surface area contributed by atoms with Crippen LogP contribution in [0.15, 0.2) is 12.1 Å². The van der Waals surface area contributed by atoms with Crippen molar-refractivity contribution in [3.8, 4) is 5.75 Å². The molecule has 0 unspecified atom stereocenters. The lowest BCUT2D eigenvalue weighted by molar-refractivity contribution is -0.274. The Kier molecular flexibility index (Phi) is 3.43. The first-order valence-corrected chi connectivity index (χ1v) is 4.85. The van der Waals surface area contributed by atoms with Crippen molar-refractivity contribution in [2.24, 2.45) is 0 Å². The van der Waals surface area contributed by atoms with Gasteiger partial charge in [-0.05, 0) is 6.07 Å². The summed E-state index contributed by atoms with van der Waals surface area (Å²) in [5.41, 5.74) is 5.17. The molecular formula is C8H6BrF4NO. The zero-order valence-corrected chi connectivity index (χ0v) is 8.82. The Balaban J connectivity index is 3.05. The summed E-state index contributed by atoms with van der Waals surface area (Å²) in [6, 6.07) is 1.70. The van der Waals surface area contributed by atoms with E-state index in [1.807, 2.05) is 0 Å². The molecule has 15 heavy (non-hydrogen) atoms. The van der Waals surface area contributed by atoms with Crippen molar-refractivity contribution < 1.29 is 22.3 Å². The Morgan fingerprint density at radius 3 is 2.40 bits per heavy atom. The summed E-state index contributed by atoms with van der Waals surface area (Å²) >= 11 is 2.97. The lowest BCUT2D eigenvalue weighted by atomic mass is 10.2. The zero-order chi connectivity index (χ0) is 11.6. The number of nitrogens with two attached hydrogens (primary N) is 1. The minimum atomic E-state index is -4.88. The number of rotatable bonds is 2. The van der Waals surface area contributed by atoms with Gasteiger partial charge in [-0.25, -0.2) is 4.39 Å².